The molecule has 2 aliphatic rings. The van der Waals surface area contributed by atoms with Crippen LogP contribution < -0.4 is 4.90 Å². The Balaban J connectivity index is 1.09. The fourth-order valence-electron chi connectivity index (χ4n) is 5.56. The number of alkyl halides is 3. The van der Waals surface area contributed by atoms with Crippen LogP contribution in [0.5, 0.6) is 0 Å². The number of carbonyl (C=O) groups is 1. The Morgan fingerprint density at radius 1 is 1.05 bits per heavy atom. The highest BCUT2D eigenvalue weighted by atomic mass is 19.4. The zero-order chi connectivity index (χ0) is 29.3. The van der Waals surface area contributed by atoms with Crippen LogP contribution in [0.25, 0.3) is 22.3 Å². The lowest BCUT2D eigenvalue weighted by Crippen LogP contribution is -2.49. The largest absolute Gasteiger partial charge is 0.397 e. The Morgan fingerprint density at radius 3 is 2.60 bits per heavy atom. The van der Waals surface area contributed by atoms with Crippen molar-refractivity contribution in [1.82, 2.24) is 34.7 Å². The molecule has 3 aromatic heterocycles. The second kappa shape index (κ2) is 11.7. The van der Waals surface area contributed by atoms with Crippen LogP contribution in [-0.4, -0.2) is 86.1 Å². The maximum absolute atomic E-state index is 12.6. The molecule has 9 nitrogen and oxygen atoms in total. The van der Waals surface area contributed by atoms with Gasteiger partial charge < -0.3 is 14.8 Å². The molecule has 220 valence electrons. The van der Waals surface area contributed by atoms with Crippen molar-refractivity contribution in [3.05, 3.63) is 66.0 Å². The summed E-state index contributed by atoms with van der Waals surface area (Å²) in [5.41, 5.74) is 5.56. The van der Waals surface area contributed by atoms with Crippen molar-refractivity contribution in [2.45, 2.75) is 50.9 Å². The van der Waals surface area contributed by atoms with Crippen LogP contribution in [0.3, 0.4) is 0 Å². The quantitative estimate of drug-likeness (QED) is 0.327. The van der Waals surface area contributed by atoms with Gasteiger partial charge in [-0.25, -0.2) is 15.0 Å². The first-order valence-corrected chi connectivity index (χ1v) is 14.2. The lowest BCUT2D eigenvalue weighted by atomic mass is 9.92. The molecule has 1 amide bonds. The summed E-state index contributed by atoms with van der Waals surface area (Å²) >= 11 is 0. The fourth-order valence-corrected chi connectivity index (χ4v) is 5.56. The minimum Gasteiger partial charge on any atom is -0.357 e. The molecule has 6 rings (SSSR count). The molecule has 0 radical (unpaired) electrons. The Kier molecular flexibility index (Phi) is 7.80. The molecule has 4 aromatic rings. The van der Waals surface area contributed by atoms with E-state index >= 15 is 0 Å². The van der Waals surface area contributed by atoms with Gasteiger partial charge in [0.15, 0.2) is 0 Å². The number of aromatic nitrogens is 5. The highest BCUT2D eigenvalue weighted by Gasteiger charge is 2.34. The second-order valence-electron chi connectivity index (χ2n) is 11.2. The van der Waals surface area contributed by atoms with Gasteiger partial charge in [-0.3, -0.25) is 14.7 Å². The van der Waals surface area contributed by atoms with E-state index < -0.39 is 18.5 Å². The fraction of sp³-hybridized carbons (Fsp3) is 0.433. The van der Waals surface area contributed by atoms with Crippen LogP contribution in [0, 0.1) is 0 Å². The van der Waals surface area contributed by atoms with Crippen molar-refractivity contribution in [1.29, 1.82) is 0 Å². The molecule has 1 aromatic carbocycles. The zero-order valence-corrected chi connectivity index (χ0v) is 23.4. The number of hydrogen-bond donors (Lipinski definition) is 1. The number of imidazole rings is 1. The molecule has 0 bridgehead atoms. The van der Waals surface area contributed by atoms with Gasteiger partial charge in [-0.05, 0) is 49.1 Å². The highest BCUT2D eigenvalue weighted by molar-refractivity contribution is 5.81. The summed E-state index contributed by atoms with van der Waals surface area (Å²) in [6.07, 6.45) is 1.70. The van der Waals surface area contributed by atoms with Crippen LogP contribution in [0.15, 0.2) is 48.9 Å². The maximum Gasteiger partial charge on any atom is 0.397 e. The number of aromatic amines is 1. The maximum atomic E-state index is 12.6. The van der Waals surface area contributed by atoms with E-state index in [0.29, 0.717) is 45.2 Å². The SMILES string of the molecule is CN(c1cc(-c2ccc3nc(Cc4cc(CN5CCN(C(=O)CC(F)(F)F)CC5)ccn4)[nH]c3c2)ncn1)C1CCC1. The second-order valence-corrected chi connectivity index (χ2v) is 11.2. The van der Waals surface area contributed by atoms with Crippen molar-refractivity contribution in [3.63, 3.8) is 0 Å². The van der Waals surface area contributed by atoms with Crippen molar-refractivity contribution >= 4 is 22.8 Å². The Morgan fingerprint density at radius 2 is 1.86 bits per heavy atom. The third-order valence-electron chi connectivity index (χ3n) is 8.18. The molecule has 1 saturated heterocycles. The molecular weight excluding hydrogens is 545 g/mol. The topological polar surface area (TPSA) is 94.1 Å². The number of pyridine rings is 1. The number of amides is 1. The van der Waals surface area contributed by atoms with Gasteiger partial charge in [-0.1, -0.05) is 6.07 Å². The lowest BCUT2D eigenvalue weighted by Gasteiger charge is -2.35. The number of carbonyl (C=O) groups excluding carboxylic acids is 1. The molecule has 1 N–H and O–H groups in total. The minimum absolute atomic E-state index is 0.293. The third-order valence-corrected chi connectivity index (χ3v) is 8.18. The van der Waals surface area contributed by atoms with E-state index in [-0.39, 0.29) is 0 Å². The number of rotatable bonds is 8. The molecule has 1 aliphatic heterocycles. The number of nitrogens with one attached hydrogen (secondary N) is 1. The summed E-state index contributed by atoms with van der Waals surface area (Å²) in [6.45, 7) is 2.27. The van der Waals surface area contributed by atoms with Gasteiger partial charge in [0, 0.05) is 75.8 Å². The predicted molar refractivity (Wildman–Crippen MR) is 153 cm³/mol. The molecular formula is C30H33F3N8O. The van der Waals surface area contributed by atoms with Gasteiger partial charge in [0.2, 0.25) is 5.91 Å². The van der Waals surface area contributed by atoms with Crippen LogP contribution in [-0.2, 0) is 17.8 Å². The third kappa shape index (κ3) is 6.53. The number of benzene rings is 1. The van der Waals surface area contributed by atoms with Crippen molar-refractivity contribution in [2.75, 3.05) is 38.1 Å². The van der Waals surface area contributed by atoms with E-state index in [9.17, 15) is 18.0 Å². The first-order chi connectivity index (χ1) is 20.2. The lowest BCUT2D eigenvalue weighted by molar-refractivity contribution is -0.162. The van der Waals surface area contributed by atoms with Crippen LogP contribution in [0.4, 0.5) is 19.0 Å². The van der Waals surface area contributed by atoms with E-state index in [1.54, 1.807) is 12.5 Å². The van der Waals surface area contributed by atoms with E-state index in [1.165, 1.54) is 24.2 Å². The molecule has 1 saturated carbocycles. The first kappa shape index (κ1) is 28.1. The molecule has 4 heterocycles. The van der Waals surface area contributed by atoms with E-state index in [1.807, 2.05) is 30.3 Å². The van der Waals surface area contributed by atoms with Crippen LogP contribution in [0.1, 0.15) is 42.8 Å². The van der Waals surface area contributed by atoms with Gasteiger partial charge in [0.05, 0.1) is 16.7 Å². The number of fused-ring (bicyclic) bond motifs is 1. The molecule has 0 atom stereocenters. The number of nitrogens with zero attached hydrogens (tertiary/aromatic N) is 7. The average Bonchev–Trinajstić information content (AvgIpc) is 3.33. The number of halogens is 3. The number of hydrogen-bond acceptors (Lipinski definition) is 7. The van der Waals surface area contributed by atoms with Crippen LogP contribution in [0.2, 0.25) is 0 Å². The van der Waals surface area contributed by atoms with Gasteiger partial charge in [-0.2, -0.15) is 13.2 Å². The number of H-pyrrole nitrogens is 1. The zero-order valence-electron chi connectivity index (χ0n) is 23.4. The summed E-state index contributed by atoms with van der Waals surface area (Å²) < 4.78 is 37.7. The van der Waals surface area contributed by atoms with Crippen molar-refractivity contribution in [3.8, 4) is 11.3 Å². The molecule has 0 unspecified atom stereocenters. The summed E-state index contributed by atoms with van der Waals surface area (Å²) in [5, 5.41) is 0. The summed E-state index contributed by atoms with van der Waals surface area (Å²) in [7, 11) is 2.09. The molecule has 42 heavy (non-hydrogen) atoms. The van der Waals surface area contributed by atoms with Gasteiger partial charge >= 0.3 is 6.18 Å². The van der Waals surface area contributed by atoms with E-state index in [4.69, 9.17) is 4.98 Å². The monoisotopic (exact) mass is 578 g/mol. The standard InChI is InChI=1S/C30H33F3N8O/c1-39(23-3-2-4-23)28-16-25(35-19-36-28)21-5-6-24-26(14-21)38-27(37-24)15-22-13-20(7-8-34-22)18-40-9-11-41(12-10-40)29(42)17-30(31,32)33/h5-8,13-14,16,19,23H,2-4,9-12,15,17-18H2,1H3,(H,37,38). The summed E-state index contributed by atoms with van der Waals surface area (Å²) in [6, 6.07) is 12.6. The summed E-state index contributed by atoms with van der Waals surface area (Å²) in [5.74, 6) is 0.874. The van der Waals surface area contributed by atoms with Gasteiger partial charge in [-0.15, -0.1) is 0 Å². The Bertz CT molecular complexity index is 1560. The van der Waals surface area contributed by atoms with E-state index in [2.05, 4.69) is 42.8 Å². The smallest absolute Gasteiger partial charge is 0.357 e. The van der Waals surface area contributed by atoms with Gasteiger partial charge in [0.25, 0.3) is 0 Å². The molecule has 12 heteroatoms. The Labute approximate surface area is 241 Å². The normalized spacial score (nSPS) is 16.5. The van der Waals surface area contributed by atoms with Crippen molar-refractivity contribution < 1.29 is 18.0 Å². The van der Waals surface area contributed by atoms with Crippen molar-refractivity contribution in [2.24, 2.45) is 0 Å². The Hall–Kier alpha value is -4.06. The number of anilines is 1. The minimum atomic E-state index is -4.48. The van der Waals surface area contributed by atoms with E-state index in [0.717, 1.165) is 45.2 Å². The number of piperazine rings is 1. The van der Waals surface area contributed by atoms with Gasteiger partial charge in [0.1, 0.15) is 24.4 Å². The predicted octanol–water partition coefficient (Wildman–Crippen LogP) is 4.59. The average molecular weight is 579 g/mol. The molecule has 0 spiro atoms. The molecule has 1 aliphatic carbocycles. The first-order valence-electron chi connectivity index (χ1n) is 14.2. The van der Waals surface area contributed by atoms with Crippen LogP contribution >= 0.6 is 0 Å². The molecule has 2 fully saturated rings. The highest BCUT2D eigenvalue weighted by Crippen LogP contribution is 2.29. The summed E-state index contributed by atoms with van der Waals surface area (Å²) in [4.78, 5) is 39.3.